The van der Waals surface area contributed by atoms with Crippen LogP contribution in [-0.4, -0.2) is 33.6 Å². The molecule has 3 aromatic rings. The van der Waals surface area contributed by atoms with Crippen molar-refractivity contribution in [3.8, 4) is 11.3 Å². The van der Waals surface area contributed by atoms with Gasteiger partial charge >= 0.3 is 6.09 Å². The van der Waals surface area contributed by atoms with Gasteiger partial charge in [-0.15, -0.1) is 0 Å². The number of carbonyl (C=O) groups excluding carboxylic acids is 1. The molecule has 7 heteroatoms. The van der Waals surface area contributed by atoms with Crippen LogP contribution in [0.1, 0.15) is 43.1 Å². The average Bonchev–Trinajstić information content (AvgIpc) is 3.34. The summed E-state index contributed by atoms with van der Waals surface area (Å²) < 4.78 is 0. The second kappa shape index (κ2) is 10.8. The third kappa shape index (κ3) is 6.22. The summed E-state index contributed by atoms with van der Waals surface area (Å²) in [6, 6.07) is 19.8. The molecule has 33 heavy (non-hydrogen) atoms. The van der Waals surface area contributed by atoms with Gasteiger partial charge in [-0.1, -0.05) is 60.7 Å². The molecule has 1 atom stereocenters. The van der Waals surface area contributed by atoms with Gasteiger partial charge in [-0.3, -0.25) is 4.79 Å². The van der Waals surface area contributed by atoms with Gasteiger partial charge in [0.05, 0.1) is 17.9 Å². The van der Waals surface area contributed by atoms with E-state index in [1.165, 1.54) is 0 Å². The van der Waals surface area contributed by atoms with E-state index in [1.807, 2.05) is 54.7 Å². The normalized spacial score (nSPS) is 18.9. The lowest BCUT2D eigenvalue weighted by Gasteiger charge is -2.29. The molecule has 0 spiro atoms. The highest BCUT2D eigenvalue weighted by Crippen LogP contribution is 2.30. The molecule has 1 aliphatic carbocycles. The summed E-state index contributed by atoms with van der Waals surface area (Å²) in [4.78, 5) is 31.9. The number of aromatic amines is 1. The van der Waals surface area contributed by atoms with Crippen LogP contribution in [0, 0.1) is 11.8 Å². The molecule has 0 saturated heterocycles. The largest absolute Gasteiger partial charge is 0.465 e. The summed E-state index contributed by atoms with van der Waals surface area (Å²) in [7, 11) is 0. The van der Waals surface area contributed by atoms with Crippen LogP contribution in [0.5, 0.6) is 0 Å². The third-order valence-electron chi connectivity index (χ3n) is 6.37. The second-order valence-electron chi connectivity index (χ2n) is 8.70. The Morgan fingerprint density at radius 2 is 1.67 bits per heavy atom. The maximum atomic E-state index is 13.2. The van der Waals surface area contributed by atoms with E-state index in [9.17, 15) is 9.59 Å². The van der Waals surface area contributed by atoms with Crippen LogP contribution in [0.3, 0.4) is 0 Å². The Hall–Kier alpha value is -3.61. The number of H-pyrrole nitrogens is 1. The lowest BCUT2D eigenvalue weighted by atomic mass is 9.81. The highest BCUT2D eigenvalue weighted by molar-refractivity contribution is 5.79. The smallest absolute Gasteiger partial charge is 0.404 e. The standard InChI is InChI=1S/C26H30N4O3/c31-25(21-13-11-19(12-14-21)16-28-26(32)33)30-22(15-18-7-3-1-4-8-18)24-27-17-23(29-24)20-9-5-2-6-10-20/h1-10,17,19,21-22,28H,11-16H2,(H,27,29)(H,30,31)(H,32,33). The molecule has 7 nitrogen and oxygen atoms in total. The van der Waals surface area contributed by atoms with Gasteiger partial charge in [-0.05, 0) is 49.1 Å². The Bertz CT molecular complexity index is 1040. The quantitative estimate of drug-likeness (QED) is 0.407. The summed E-state index contributed by atoms with van der Waals surface area (Å²) in [5, 5.41) is 14.5. The van der Waals surface area contributed by atoms with Gasteiger partial charge in [-0.25, -0.2) is 9.78 Å². The molecule has 1 fully saturated rings. The van der Waals surface area contributed by atoms with Crippen LogP contribution in [-0.2, 0) is 11.2 Å². The van der Waals surface area contributed by atoms with Crippen LogP contribution >= 0.6 is 0 Å². The minimum absolute atomic E-state index is 0.0400. The van der Waals surface area contributed by atoms with Crippen molar-refractivity contribution in [1.29, 1.82) is 0 Å². The number of nitrogens with zero attached hydrogens (tertiary/aromatic N) is 1. The topological polar surface area (TPSA) is 107 Å². The summed E-state index contributed by atoms with van der Waals surface area (Å²) >= 11 is 0. The zero-order chi connectivity index (χ0) is 23.0. The lowest BCUT2D eigenvalue weighted by Crippen LogP contribution is -2.38. The Morgan fingerprint density at radius 1 is 1.00 bits per heavy atom. The molecule has 0 bridgehead atoms. The van der Waals surface area contributed by atoms with Crippen molar-refractivity contribution < 1.29 is 14.7 Å². The van der Waals surface area contributed by atoms with E-state index in [0.717, 1.165) is 48.3 Å². The van der Waals surface area contributed by atoms with Gasteiger partial charge in [0.15, 0.2) is 0 Å². The van der Waals surface area contributed by atoms with E-state index in [1.54, 1.807) is 0 Å². The number of hydrogen-bond donors (Lipinski definition) is 4. The van der Waals surface area contributed by atoms with Gasteiger partial charge in [0.1, 0.15) is 5.82 Å². The first-order valence-electron chi connectivity index (χ1n) is 11.5. The summed E-state index contributed by atoms with van der Waals surface area (Å²) in [5.74, 6) is 1.01. The molecule has 1 aromatic heterocycles. The van der Waals surface area contributed by atoms with Crippen LogP contribution in [0.2, 0.25) is 0 Å². The first-order chi connectivity index (χ1) is 16.1. The number of carboxylic acid groups (broad SMARTS) is 1. The van der Waals surface area contributed by atoms with Crippen LogP contribution in [0.15, 0.2) is 66.9 Å². The van der Waals surface area contributed by atoms with Gasteiger partial charge in [-0.2, -0.15) is 0 Å². The Balaban J connectivity index is 1.44. The maximum absolute atomic E-state index is 13.2. The van der Waals surface area contributed by atoms with Gasteiger partial charge in [0, 0.05) is 12.5 Å². The van der Waals surface area contributed by atoms with E-state index < -0.39 is 6.09 Å². The molecular weight excluding hydrogens is 416 g/mol. The SMILES string of the molecule is O=C(O)NCC1CCC(C(=O)NC(Cc2ccccc2)c2ncc(-c3ccccc3)[nH]2)CC1. The van der Waals surface area contributed by atoms with E-state index in [4.69, 9.17) is 5.11 Å². The Morgan fingerprint density at radius 3 is 2.33 bits per heavy atom. The zero-order valence-corrected chi connectivity index (χ0v) is 18.5. The molecule has 1 aliphatic rings. The fourth-order valence-electron chi connectivity index (χ4n) is 4.49. The van der Waals surface area contributed by atoms with Crippen LogP contribution in [0.4, 0.5) is 4.79 Å². The third-order valence-corrected chi connectivity index (χ3v) is 6.37. The molecule has 0 aliphatic heterocycles. The molecular formula is C26H30N4O3. The number of nitrogens with one attached hydrogen (secondary N) is 3. The minimum Gasteiger partial charge on any atom is -0.465 e. The number of rotatable bonds is 8. The van der Waals surface area contributed by atoms with Crippen molar-refractivity contribution in [1.82, 2.24) is 20.6 Å². The molecule has 1 unspecified atom stereocenters. The van der Waals surface area contributed by atoms with E-state index in [-0.39, 0.29) is 17.9 Å². The number of benzene rings is 2. The fourth-order valence-corrected chi connectivity index (χ4v) is 4.49. The fraction of sp³-hybridized carbons (Fsp3) is 0.346. The van der Waals surface area contributed by atoms with E-state index >= 15 is 0 Å². The Kier molecular flexibility index (Phi) is 7.40. The molecule has 172 valence electrons. The summed E-state index contributed by atoms with van der Waals surface area (Å²) in [6.07, 6.45) is 4.70. The number of amides is 2. The number of carbonyl (C=O) groups is 2. The van der Waals surface area contributed by atoms with Crippen molar-refractivity contribution in [2.45, 2.75) is 38.1 Å². The molecule has 4 N–H and O–H groups in total. The predicted molar refractivity (Wildman–Crippen MR) is 127 cm³/mol. The summed E-state index contributed by atoms with van der Waals surface area (Å²) in [5.41, 5.74) is 3.10. The van der Waals surface area contributed by atoms with E-state index in [0.29, 0.717) is 18.9 Å². The van der Waals surface area contributed by atoms with Gasteiger partial charge < -0.3 is 20.7 Å². The average molecular weight is 447 g/mol. The minimum atomic E-state index is -0.994. The molecule has 0 radical (unpaired) electrons. The van der Waals surface area contributed by atoms with Crippen molar-refractivity contribution in [2.75, 3.05) is 6.54 Å². The molecule has 1 heterocycles. The van der Waals surface area contributed by atoms with Crippen molar-refractivity contribution in [3.63, 3.8) is 0 Å². The van der Waals surface area contributed by atoms with Crippen molar-refractivity contribution in [3.05, 3.63) is 78.2 Å². The van der Waals surface area contributed by atoms with Crippen molar-refractivity contribution >= 4 is 12.0 Å². The maximum Gasteiger partial charge on any atom is 0.404 e. The van der Waals surface area contributed by atoms with Crippen LogP contribution in [0.25, 0.3) is 11.3 Å². The Labute approximate surface area is 193 Å². The first-order valence-corrected chi connectivity index (χ1v) is 11.5. The molecule has 4 rings (SSSR count). The number of imidazole rings is 1. The monoisotopic (exact) mass is 446 g/mol. The van der Waals surface area contributed by atoms with Crippen LogP contribution < -0.4 is 10.6 Å². The highest BCUT2D eigenvalue weighted by Gasteiger charge is 2.29. The molecule has 1 saturated carbocycles. The number of aromatic nitrogens is 2. The molecule has 2 aromatic carbocycles. The highest BCUT2D eigenvalue weighted by atomic mass is 16.4. The van der Waals surface area contributed by atoms with Gasteiger partial charge in [0.25, 0.3) is 0 Å². The second-order valence-corrected chi connectivity index (χ2v) is 8.70. The lowest BCUT2D eigenvalue weighted by molar-refractivity contribution is -0.127. The predicted octanol–water partition coefficient (Wildman–Crippen LogP) is 4.55. The van der Waals surface area contributed by atoms with E-state index in [2.05, 4.69) is 32.7 Å². The zero-order valence-electron chi connectivity index (χ0n) is 18.5. The number of hydrogen-bond acceptors (Lipinski definition) is 3. The molecule has 2 amide bonds. The first kappa shape index (κ1) is 22.6. The van der Waals surface area contributed by atoms with Gasteiger partial charge in [0.2, 0.25) is 5.91 Å². The van der Waals surface area contributed by atoms with Crippen molar-refractivity contribution in [2.24, 2.45) is 11.8 Å². The summed E-state index contributed by atoms with van der Waals surface area (Å²) in [6.45, 7) is 0.453.